The number of esters is 1. The van der Waals surface area contributed by atoms with E-state index >= 15 is 0 Å². The highest BCUT2D eigenvalue weighted by Crippen LogP contribution is 2.20. The van der Waals surface area contributed by atoms with Crippen LogP contribution in [0.3, 0.4) is 0 Å². The summed E-state index contributed by atoms with van der Waals surface area (Å²) in [5.74, 6) is -1.82. The zero-order valence-electron chi connectivity index (χ0n) is 15.5. The quantitative estimate of drug-likeness (QED) is 0.484. The van der Waals surface area contributed by atoms with Crippen molar-refractivity contribution < 1.29 is 23.9 Å². The van der Waals surface area contributed by atoms with Crippen LogP contribution in [0.1, 0.15) is 20.8 Å². The van der Waals surface area contributed by atoms with Gasteiger partial charge in [0.05, 0.1) is 19.0 Å². The number of nitrogens with zero attached hydrogens (tertiary/aromatic N) is 2. The highest BCUT2D eigenvalue weighted by molar-refractivity contribution is 5.96. The molecule has 0 spiro atoms. The van der Waals surface area contributed by atoms with E-state index in [0.29, 0.717) is 5.56 Å². The number of hydrazine groups is 1. The van der Waals surface area contributed by atoms with Gasteiger partial charge >= 0.3 is 5.97 Å². The minimum Gasteiger partial charge on any atom is -0.493 e. The molecule has 2 aromatic carbocycles. The van der Waals surface area contributed by atoms with Crippen molar-refractivity contribution in [2.45, 2.75) is 0 Å². The number of ether oxygens (including phenoxy) is 2. The van der Waals surface area contributed by atoms with Crippen molar-refractivity contribution in [1.29, 1.82) is 0 Å². The van der Waals surface area contributed by atoms with Crippen LogP contribution in [0, 0.1) is 0 Å². The van der Waals surface area contributed by atoms with E-state index in [1.807, 2.05) is 30.3 Å². The number of amides is 2. The van der Waals surface area contributed by atoms with E-state index in [1.54, 1.807) is 30.3 Å². The monoisotopic (exact) mass is 394 g/mol. The Morgan fingerprint density at radius 2 is 1.62 bits per heavy atom. The normalized spacial score (nSPS) is 10.1. The lowest BCUT2D eigenvalue weighted by molar-refractivity contribution is -0.125. The van der Waals surface area contributed by atoms with Crippen LogP contribution in [-0.2, 0) is 9.53 Å². The summed E-state index contributed by atoms with van der Waals surface area (Å²) in [6, 6.07) is 17.5. The maximum Gasteiger partial charge on any atom is 0.363 e. The van der Waals surface area contributed by atoms with Crippen molar-refractivity contribution in [3.05, 3.63) is 78.1 Å². The molecule has 0 aliphatic rings. The van der Waals surface area contributed by atoms with E-state index < -0.39 is 24.4 Å². The summed E-state index contributed by atoms with van der Waals surface area (Å²) in [7, 11) is 1.40. The van der Waals surface area contributed by atoms with Gasteiger partial charge in [-0.25, -0.2) is 9.48 Å². The number of carbonyl (C=O) groups excluding carboxylic acids is 3. The summed E-state index contributed by atoms with van der Waals surface area (Å²) in [6.07, 6.45) is 1.53. The Bertz CT molecular complexity index is 1000. The summed E-state index contributed by atoms with van der Waals surface area (Å²) in [5.41, 5.74) is 5.44. The smallest absolute Gasteiger partial charge is 0.363 e. The second kappa shape index (κ2) is 9.18. The van der Waals surface area contributed by atoms with Gasteiger partial charge in [-0.1, -0.05) is 36.4 Å². The van der Waals surface area contributed by atoms with Gasteiger partial charge in [-0.05, 0) is 24.3 Å². The first-order valence-electron chi connectivity index (χ1n) is 8.59. The van der Waals surface area contributed by atoms with E-state index in [2.05, 4.69) is 16.0 Å². The Kier molecular flexibility index (Phi) is 6.21. The van der Waals surface area contributed by atoms with E-state index in [0.717, 1.165) is 5.69 Å². The van der Waals surface area contributed by atoms with Crippen LogP contribution in [-0.4, -0.2) is 41.3 Å². The van der Waals surface area contributed by atoms with Gasteiger partial charge in [0.2, 0.25) is 5.69 Å². The molecule has 9 heteroatoms. The van der Waals surface area contributed by atoms with Crippen LogP contribution in [0.4, 0.5) is 0 Å². The number of benzene rings is 2. The van der Waals surface area contributed by atoms with Crippen LogP contribution >= 0.6 is 0 Å². The predicted molar refractivity (Wildman–Crippen MR) is 102 cm³/mol. The lowest BCUT2D eigenvalue weighted by Gasteiger charge is -2.08. The van der Waals surface area contributed by atoms with E-state index in [-0.39, 0.29) is 11.4 Å². The van der Waals surface area contributed by atoms with Crippen molar-refractivity contribution in [2.75, 3.05) is 13.7 Å². The summed E-state index contributed by atoms with van der Waals surface area (Å²) in [6.45, 7) is -0.602. The molecular weight excluding hydrogens is 376 g/mol. The molecule has 9 nitrogen and oxygen atoms in total. The summed E-state index contributed by atoms with van der Waals surface area (Å²) in [4.78, 5) is 36.0. The number of hydrogen-bond acceptors (Lipinski definition) is 6. The van der Waals surface area contributed by atoms with Crippen LogP contribution < -0.4 is 15.6 Å². The molecule has 0 aliphatic carbocycles. The Morgan fingerprint density at radius 1 is 0.966 bits per heavy atom. The minimum atomic E-state index is -0.832. The molecule has 1 heterocycles. The number of hydrogen-bond donors (Lipinski definition) is 2. The Hall–Kier alpha value is -4.14. The van der Waals surface area contributed by atoms with Crippen molar-refractivity contribution in [2.24, 2.45) is 0 Å². The molecule has 2 amide bonds. The number of rotatable bonds is 6. The summed E-state index contributed by atoms with van der Waals surface area (Å²) >= 11 is 0. The highest BCUT2D eigenvalue weighted by Gasteiger charge is 2.21. The third-order valence-corrected chi connectivity index (χ3v) is 3.80. The van der Waals surface area contributed by atoms with Crippen LogP contribution in [0.25, 0.3) is 5.69 Å². The van der Waals surface area contributed by atoms with E-state index in [4.69, 9.17) is 9.47 Å². The van der Waals surface area contributed by atoms with E-state index in [9.17, 15) is 14.4 Å². The van der Waals surface area contributed by atoms with Gasteiger partial charge in [0.15, 0.2) is 12.4 Å². The van der Waals surface area contributed by atoms with E-state index in [1.165, 1.54) is 18.0 Å². The third kappa shape index (κ3) is 4.98. The lowest BCUT2D eigenvalue weighted by Crippen LogP contribution is -2.43. The molecule has 1 aromatic heterocycles. The van der Waals surface area contributed by atoms with Crippen molar-refractivity contribution in [3.8, 4) is 11.4 Å². The highest BCUT2D eigenvalue weighted by atomic mass is 16.5. The fraction of sp³-hybridized carbons (Fsp3) is 0.100. The van der Waals surface area contributed by atoms with Gasteiger partial charge in [0.25, 0.3) is 11.8 Å². The van der Waals surface area contributed by atoms with Crippen LogP contribution in [0.5, 0.6) is 5.75 Å². The zero-order valence-corrected chi connectivity index (χ0v) is 15.5. The average Bonchev–Trinajstić information content (AvgIpc) is 3.21. The number of para-hydroxylation sites is 1. The fourth-order valence-electron chi connectivity index (χ4n) is 2.39. The fourth-order valence-corrected chi connectivity index (χ4v) is 2.39. The third-order valence-electron chi connectivity index (χ3n) is 3.80. The Labute approximate surface area is 166 Å². The molecule has 148 valence electrons. The molecule has 0 atom stereocenters. The predicted octanol–water partition coefficient (Wildman–Crippen LogP) is 1.50. The molecule has 0 radical (unpaired) electrons. The first-order chi connectivity index (χ1) is 14.1. The second-order valence-corrected chi connectivity index (χ2v) is 5.77. The summed E-state index contributed by atoms with van der Waals surface area (Å²) in [5, 5.41) is 4.16. The van der Waals surface area contributed by atoms with Crippen molar-refractivity contribution >= 4 is 17.8 Å². The Morgan fingerprint density at radius 3 is 2.28 bits per heavy atom. The van der Waals surface area contributed by atoms with Gasteiger partial charge in [-0.2, -0.15) is 5.10 Å². The van der Waals surface area contributed by atoms with Crippen molar-refractivity contribution in [3.63, 3.8) is 0 Å². The molecule has 0 saturated heterocycles. The lowest BCUT2D eigenvalue weighted by atomic mass is 10.2. The molecule has 0 aliphatic heterocycles. The molecule has 0 saturated carbocycles. The molecule has 2 N–H and O–H groups in total. The SMILES string of the molecule is COc1cn(-c2ccccc2)nc1C(=O)OCC(=O)NNC(=O)c1ccccc1. The number of aromatic nitrogens is 2. The van der Waals surface area contributed by atoms with Crippen LogP contribution in [0.2, 0.25) is 0 Å². The minimum absolute atomic E-state index is 0.0718. The molecule has 3 aromatic rings. The molecular formula is C20H18N4O5. The first-order valence-corrected chi connectivity index (χ1v) is 8.59. The number of methoxy groups -OCH3 is 1. The molecule has 29 heavy (non-hydrogen) atoms. The van der Waals surface area contributed by atoms with Gasteiger partial charge < -0.3 is 9.47 Å². The largest absolute Gasteiger partial charge is 0.493 e. The number of carbonyl (C=O) groups is 3. The van der Waals surface area contributed by atoms with Gasteiger partial charge in [-0.15, -0.1) is 0 Å². The summed E-state index contributed by atoms with van der Waals surface area (Å²) < 4.78 is 11.6. The molecule has 3 rings (SSSR count). The van der Waals surface area contributed by atoms with Crippen molar-refractivity contribution in [1.82, 2.24) is 20.6 Å². The van der Waals surface area contributed by atoms with Crippen LogP contribution in [0.15, 0.2) is 66.9 Å². The first kappa shape index (κ1) is 19.6. The second-order valence-electron chi connectivity index (χ2n) is 5.77. The zero-order chi connectivity index (χ0) is 20.6. The molecule has 0 unspecified atom stereocenters. The maximum absolute atomic E-state index is 12.3. The van der Waals surface area contributed by atoms with Gasteiger partial charge in [0, 0.05) is 5.56 Å². The maximum atomic E-state index is 12.3. The average molecular weight is 394 g/mol. The van der Waals surface area contributed by atoms with Gasteiger partial charge in [-0.3, -0.25) is 20.4 Å². The molecule has 0 fully saturated rings. The Balaban J connectivity index is 1.55. The number of nitrogens with one attached hydrogen (secondary N) is 2. The van der Waals surface area contributed by atoms with Gasteiger partial charge in [0.1, 0.15) is 0 Å². The molecule has 0 bridgehead atoms. The topological polar surface area (TPSA) is 112 Å². The standard InChI is InChI=1S/C20H18N4O5/c1-28-16-12-24(15-10-6-3-7-11-15)23-18(16)20(27)29-13-17(25)21-22-19(26)14-8-4-2-5-9-14/h2-12H,13H2,1H3,(H,21,25)(H,22,26).